The second kappa shape index (κ2) is 8.70. The van der Waals surface area contributed by atoms with Gasteiger partial charge in [-0.3, -0.25) is 15.2 Å². The lowest BCUT2D eigenvalue weighted by Gasteiger charge is -2.44. The third-order valence-electron chi connectivity index (χ3n) is 7.73. The number of aliphatic imine (C=N–C) groups is 1. The number of benzene rings is 1. The van der Waals surface area contributed by atoms with Gasteiger partial charge in [-0.05, 0) is 69.2 Å². The summed E-state index contributed by atoms with van der Waals surface area (Å²) < 4.78 is 0. The molecule has 30 heavy (non-hydrogen) atoms. The number of urea groups is 1. The Bertz CT molecular complexity index is 790. The van der Waals surface area contributed by atoms with E-state index in [-0.39, 0.29) is 11.6 Å². The lowest BCUT2D eigenvalue weighted by Crippen LogP contribution is -2.57. The van der Waals surface area contributed by atoms with Gasteiger partial charge in [-0.1, -0.05) is 44.2 Å². The fraction of sp³-hybridized carbons (Fsp3) is 0.680. The summed E-state index contributed by atoms with van der Waals surface area (Å²) in [4.78, 5) is 23.2. The molecule has 5 heteroatoms. The zero-order valence-electron chi connectivity index (χ0n) is 18.2. The molecular formula is C25H36N4O. The van der Waals surface area contributed by atoms with Crippen LogP contribution < -0.4 is 10.2 Å². The fourth-order valence-corrected chi connectivity index (χ4v) is 5.96. The zero-order chi connectivity index (χ0) is 20.4. The SMILES string of the molecule is O=C1NC(=NC2CCCCC2)C23CCN(CCCCCCc4cccc(c4)N12)CC3. The quantitative estimate of drug-likeness (QED) is 0.718. The van der Waals surface area contributed by atoms with E-state index in [1.54, 1.807) is 0 Å². The van der Waals surface area contributed by atoms with Crippen LogP contribution in [0.2, 0.25) is 0 Å². The number of rotatable bonds is 1. The molecule has 0 aromatic heterocycles. The van der Waals surface area contributed by atoms with Gasteiger partial charge >= 0.3 is 6.03 Å². The number of carbonyl (C=O) groups is 1. The first kappa shape index (κ1) is 20.0. The summed E-state index contributed by atoms with van der Waals surface area (Å²) in [6, 6.07) is 9.11. The van der Waals surface area contributed by atoms with Crippen molar-refractivity contribution in [2.24, 2.45) is 4.99 Å². The minimum absolute atomic E-state index is 0.0160. The van der Waals surface area contributed by atoms with Crippen LogP contribution in [-0.4, -0.2) is 48.0 Å². The Labute approximate surface area is 180 Å². The molecular weight excluding hydrogens is 372 g/mol. The number of nitrogens with zero attached hydrogens (tertiary/aromatic N) is 3. The lowest BCUT2D eigenvalue weighted by atomic mass is 9.84. The van der Waals surface area contributed by atoms with Crippen molar-refractivity contribution >= 4 is 17.6 Å². The van der Waals surface area contributed by atoms with Crippen molar-refractivity contribution in [3.05, 3.63) is 29.8 Å². The van der Waals surface area contributed by atoms with Gasteiger partial charge in [0.25, 0.3) is 0 Å². The minimum Gasteiger partial charge on any atom is -0.303 e. The van der Waals surface area contributed by atoms with Crippen molar-refractivity contribution in [3.63, 3.8) is 0 Å². The molecule has 5 nitrogen and oxygen atoms in total. The standard InChI is InChI=1S/C25H36N4O/c30-24-27-23(26-21-11-5-3-6-12-21)25-14-17-28(18-15-25)16-7-2-1-4-9-20-10-8-13-22(19-20)29(24)25/h8,10,13,19,21H,1-7,9,11-12,14-18H2,(H,26,27,30). The molecule has 6 rings (SSSR count). The first-order valence-corrected chi connectivity index (χ1v) is 12.3. The zero-order valence-corrected chi connectivity index (χ0v) is 18.2. The second-order valence-electron chi connectivity index (χ2n) is 9.74. The molecule has 1 spiro atoms. The Hall–Kier alpha value is -1.88. The smallest absolute Gasteiger partial charge is 0.303 e. The summed E-state index contributed by atoms with van der Waals surface area (Å²) in [5.74, 6) is 0.955. The Balaban J connectivity index is 1.53. The maximum absolute atomic E-state index is 13.3. The van der Waals surface area contributed by atoms with Crippen LogP contribution in [0.1, 0.15) is 76.2 Å². The number of carbonyl (C=O) groups excluding carboxylic acids is 1. The normalized spacial score (nSPS) is 32.0. The van der Waals surface area contributed by atoms with Crippen molar-refractivity contribution < 1.29 is 4.79 Å². The predicted octanol–water partition coefficient (Wildman–Crippen LogP) is 4.90. The van der Waals surface area contributed by atoms with E-state index in [1.165, 1.54) is 57.1 Å². The molecule has 4 heterocycles. The highest BCUT2D eigenvalue weighted by atomic mass is 16.2. The van der Waals surface area contributed by atoms with E-state index in [0.29, 0.717) is 6.04 Å². The van der Waals surface area contributed by atoms with Gasteiger partial charge in [0.15, 0.2) is 0 Å². The molecule has 162 valence electrons. The topological polar surface area (TPSA) is 47.9 Å². The van der Waals surface area contributed by atoms with E-state index in [9.17, 15) is 4.79 Å². The third kappa shape index (κ3) is 3.89. The van der Waals surface area contributed by atoms with Crippen molar-refractivity contribution in [2.45, 2.75) is 88.6 Å². The lowest BCUT2D eigenvalue weighted by molar-refractivity contribution is 0.187. The fourth-order valence-electron chi connectivity index (χ4n) is 5.96. The molecule has 1 aromatic carbocycles. The molecule has 2 saturated heterocycles. The molecule has 4 aliphatic heterocycles. The number of piperidine rings is 1. The molecule has 1 aromatic rings. The molecule has 4 bridgehead atoms. The molecule has 0 unspecified atom stereocenters. The minimum atomic E-state index is -0.298. The summed E-state index contributed by atoms with van der Waals surface area (Å²) >= 11 is 0. The first-order chi connectivity index (χ1) is 14.7. The van der Waals surface area contributed by atoms with E-state index in [4.69, 9.17) is 4.99 Å². The van der Waals surface area contributed by atoms with E-state index >= 15 is 0 Å². The average molecular weight is 409 g/mol. The Morgan fingerprint density at radius 3 is 2.53 bits per heavy atom. The number of fused-ring (bicyclic) bond motifs is 7. The number of hydrogen-bond donors (Lipinski definition) is 1. The van der Waals surface area contributed by atoms with E-state index in [0.717, 1.165) is 56.7 Å². The molecule has 2 amide bonds. The highest BCUT2D eigenvalue weighted by molar-refractivity contribution is 6.19. The maximum atomic E-state index is 13.3. The second-order valence-corrected chi connectivity index (χ2v) is 9.74. The number of amidine groups is 1. The van der Waals surface area contributed by atoms with Gasteiger partial charge in [-0.25, -0.2) is 4.79 Å². The summed E-state index contributed by atoms with van der Waals surface area (Å²) in [6.45, 7) is 3.29. The molecule has 0 atom stereocenters. The van der Waals surface area contributed by atoms with Gasteiger partial charge in [0.2, 0.25) is 0 Å². The molecule has 0 radical (unpaired) electrons. The van der Waals surface area contributed by atoms with Crippen LogP contribution in [-0.2, 0) is 6.42 Å². The summed E-state index contributed by atoms with van der Waals surface area (Å²) in [5, 5.41) is 3.24. The highest BCUT2D eigenvalue weighted by Gasteiger charge is 2.53. The van der Waals surface area contributed by atoms with Crippen molar-refractivity contribution in [1.29, 1.82) is 0 Å². The third-order valence-corrected chi connectivity index (χ3v) is 7.73. The first-order valence-electron chi connectivity index (χ1n) is 12.3. The van der Waals surface area contributed by atoms with Gasteiger partial charge < -0.3 is 4.90 Å². The molecule has 1 N–H and O–H groups in total. The van der Waals surface area contributed by atoms with Gasteiger partial charge in [-0.15, -0.1) is 0 Å². The van der Waals surface area contributed by atoms with Crippen LogP contribution in [0.5, 0.6) is 0 Å². The molecule has 1 aliphatic carbocycles. The van der Waals surface area contributed by atoms with Crippen LogP contribution in [0.4, 0.5) is 10.5 Å². The summed E-state index contributed by atoms with van der Waals surface area (Å²) in [6.07, 6.45) is 14.4. The maximum Gasteiger partial charge on any atom is 0.328 e. The number of nitrogens with one attached hydrogen (secondary N) is 1. The summed E-state index contributed by atoms with van der Waals surface area (Å²) in [7, 11) is 0. The monoisotopic (exact) mass is 408 g/mol. The van der Waals surface area contributed by atoms with Crippen molar-refractivity contribution in [3.8, 4) is 0 Å². The van der Waals surface area contributed by atoms with Crippen molar-refractivity contribution in [2.75, 3.05) is 24.5 Å². The number of aryl methyl sites for hydroxylation is 1. The van der Waals surface area contributed by atoms with Crippen LogP contribution >= 0.6 is 0 Å². The Kier molecular flexibility index (Phi) is 5.81. The van der Waals surface area contributed by atoms with E-state index in [1.807, 2.05) is 0 Å². The van der Waals surface area contributed by atoms with Gasteiger partial charge in [0, 0.05) is 18.8 Å². The Morgan fingerprint density at radius 2 is 1.70 bits per heavy atom. The number of anilines is 1. The van der Waals surface area contributed by atoms with Crippen LogP contribution in [0.25, 0.3) is 0 Å². The van der Waals surface area contributed by atoms with Gasteiger partial charge in [0.1, 0.15) is 11.4 Å². The van der Waals surface area contributed by atoms with Gasteiger partial charge in [-0.2, -0.15) is 0 Å². The average Bonchev–Trinajstić information content (AvgIpc) is 3.03. The Morgan fingerprint density at radius 1 is 0.933 bits per heavy atom. The van der Waals surface area contributed by atoms with Crippen molar-refractivity contribution in [1.82, 2.24) is 10.2 Å². The van der Waals surface area contributed by atoms with Crippen LogP contribution in [0.15, 0.2) is 29.3 Å². The van der Waals surface area contributed by atoms with E-state index < -0.39 is 0 Å². The van der Waals surface area contributed by atoms with E-state index in [2.05, 4.69) is 39.4 Å². The summed E-state index contributed by atoms with van der Waals surface area (Å²) in [5.41, 5.74) is 2.10. The number of amides is 2. The highest BCUT2D eigenvalue weighted by Crippen LogP contribution is 2.39. The predicted molar refractivity (Wildman–Crippen MR) is 122 cm³/mol. The molecule has 5 aliphatic rings. The van der Waals surface area contributed by atoms with Crippen LogP contribution in [0, 0.1) is 0 Å². The van der Waals surface area contributed by atoms with Crippen LogP contribution in [0.3, 0.4) is 0 Å². The molecule has 3 fully saturated rings. The largest absolute Gasteiger partial charge is 0.328 e. The molecule has 1 saturated carbocycles. The van der Waals surface area contributed by atoms with Gasteiger partial charge in [0.05, 0.1) is 6.04 Å². The number of hydrogen-bond acceptors (Lipinski definition) is 3.